The van der Waals surface area contributed by atoms with Gasteiger partial charge in [-0.1, -0.05) is 0 Å². The molecular formula is C14H12F3N5O4S. The molecule has 27 heavy (non-hydrogen) atoms. The van der Waals surface area contributed by atoms with Crippen molar-refractivity contribution >= 4 is 27.2 Å². The normalized spacial score (nSPS) is 12.3. The summed E-state index contributed by atoms with van der Waals surface area (Å²) in [5.74, 6) is -1.17. The van der Waals surface area contributed by atoms with Crippen LogP contribution in [-0.2, 0) is 22.0 Å². The Labute approximate surface area is 150 Å². The first-order valence-corrected chi connectivity index (χ1v) is 8.67. The monoisotopic (exact) mass is 403 g/mol. The molecule has 0 unspecified atom stereocenters. The zero-order chi connectivity index (χ0) is 20.0. The number of aromatic nitrogens is 4. The predicted octanol–water partition coefficient (Wildman–Crippen LogP) is 1.92. The number of amides is 1. The topological polar surface area (TPSA) is 108 Å². The summed E-state index contributed by atoms with van der Waals surface area (Å²) in [6.45, 7) is 1.18. The van der Waals surface area contributed by atoms with Crippen LogP contribution in [0.1, 0.15) is 6.92 Å². The first-order valence-electron chi connectivity index (χ1n) is 7.26. The molecule has 0 aliphatic heterocycles. The summed E-state index contributed by atoms with van der Waals surface area (Å²) in [6, 6.07) is 1.10. The molecule has 0 fully saturated rings. The lowest BCUT2D eigenvalue weighted by atomic mass is 10.1. The number of halogens is 3. The van der Waals surface area contributed by atoms with Gasteiger partial charge in [0.15, 0.2) is 5.75 Å². The lowest BCUT2D eigenvalue weighted by Gasteiger charge is -2.12. The van der Waals surface area contributed by atoms with Gasteiger partial charge in [0.25, 0.3) is 0 Å². The molecule has 0 saturated carbocycles. The number of hydrogen-bond donors (Lipinski definition) is 1. The Morgan fingerprint density at radius 3 is 2.44 bits per heavy atom. The van der Waals surface area contributed by atoms with Crippen molar-refractivity contribution in [2.45, 2.75) is 12.4 Å². The average Bonchev–Trinajstić information content (AvgIpc) is 3.12. The maximum Gasteiger partial charge on any atom is 0.534 e. The van der Waals surface area contributed by atoms with Crippen LogP contribution in [0.5, 0.6) is 5.75 Å². The smallest absolute Gasteiger partial charge is 0.374 e. The zero-order valence-corrected chi connectivity index (χ0v) is 14.7. The molecule has 0 aromatic carbocycles. The molecule has 144 valence electrons. The molecule has 1 amide bonds. The highest BCUT2D eigenvalue weighted by molar-refractivity contribution is 7.88. The first kappa shape index (κ1) is 18.7. The van der Waals surface area contributed by atoms with E-state index in [9.17, 15) is 26.4 Å². The van der Waals surface area contributed by atoms with Crippen molar-refractivity contribution in [3.05, 3.63) is 30.9 Å². The van der Waals surface area contributed by atoms with Crippen LogP contribution >= 0.6 is 0 Å². The Hall–Kier alpha value is -3.09. The van der Waals surface area contributed by atoms with E-state index in [4.69, 9.17) is 0 Å². The van der Waals surface area contributed by atoms with Crippen LogP contribution in [0.3, 0.4) is 0 Å². The van der Waals surface area contributed by atoms with Gasteiger partial charge in [0.1, 0.15) is 5.52 Å². The van der Waals surface area contributed by atoms with Crippen LogP contribution in [0, 0.1) is 0 Å². The van der Waals surface area contributed by atoms with Gasteiger partial charge in [-0.05, 0) is 6.07 Å². The number of carbonyl (C=O) groups is 1. The summed E-state index contributed by atoms with van der Waals surface area (Å²) >= 11 is 0. The van der Waals surface area contributed by atoms with Gasteiger partial charge < -0.3 is 9.50 Å². The van der Waals surface area contributed by atoms with Crippen molar-refractivity contribution in [3.8, 4) is 16.9 Å². The van der Waals surface area contributed by atoms with Crippen molar-refractivity contribution < 1.29 is 30.6 Å². The number of carbonyl (C=O) groups excluding carboxylic acids is 1. The summed E-state index contributed by atoms with van der Waals surface area (Å²) in [7, 11) is -4.30. The number of aryl methyl sites for hydroxylation is 1. The van der Waals surface area contributed by atoms with Crippen molar-refractivity contribution in [2.24, 2.45) is 7.05 Å². The van der Waals surface area contributed by atoms with E-state index < -0.39 is 27.3 Å². The van der Waals surface area contributed by atoms with E-state index >= 15 is 0 Å². The quantitative estimate of drug-likeness (QED) is 0.527. The second kappa shape index (κ2) is 6.26. The lowest BCUT2D eigenvalue weighted by molar-refractivity contribution is -0.114. The molecular weight excluding hydrogens is 391 g/mol. The number of pyridine rings is 1. The van der Waals surface area contributed by atoms with Gasteiger partial charge in [-0.3, -0.25) is 9.48 Å². The van der Waals surface area contributed by atoms with Crippen LogP contribution in [-0.4, -0.2) is 39.2 Å². The SMILES string of the molecule is CC(=O)Nc1cnn2cc(-c3cnn(C)c3)cc(OS(=O)(=O)C(F)(F)F)c12. The van der Waals surface area contributed by atoms with Gasteiger partial charge in [-0.25, -0.2) is 4.52 Å². The van der Waals surface area contributed by atoms with Crippen molar-refractivity contribution in [1.29, 1.82) is 0 Å². The van der Waals surface area contributed by atoms with E-state index in [1.54, 1.807) is 13.2 Å². The number of fused-ring (bicyclic) bond motifs is 1. The number of alkyl halides is 3. The van der Waals surface area contributed by atoms with E-state index in [2.05, 4.69) is 19.7 Å². The number of nitrogens with one attached hydrogen (secondary N) is 1. The summed E-state index contributed by atoms with van der Waals surface area (Å²) in [5.41, 5.74) is -4.98. The van der Waals surface area contributed by atoms with Crippen molar-refractivity contribution in [3.63, 3.8) is 0 Å². The third-order valence-corrected chi connectivity index (χ3v) is 4.37. The van der Waals surface area contributed by atoms with Gasteiger partial charge in [0.05, 0.1) is 18.1 Å². The Balaban J connectivity index is 2.22. The highest BCUT2D eigenvalue weighted by Gasteiger charge is 2.49. The van der Waals surface area contributed by atoms with Crippen molar-refractivity contribution in [2.75, 3.05) is 5.32 Å². The zero-order valence-electron chi connectivity index (χ0n) is 13.9. The molecule has 0 aliphatic rings. The van der Waals surface area contributed by atoms with Gasteiger partial charge in [-0.15, -0.1) is 0 Å². The summed E-state index contributed by atoms with van der Waals surface area (Å²) < 4.78 is 68.2. The fourth-order valence-electron chi connectivity index (χ4n) is 2.32. The highest BCUT2D eigenvalue weighted by atomic mass is 32.2. The Kier molecular flexibility index (Phi) is 4.34. The van der Waals surface area contributed by atoms with E-state index in [0.717, 1.165) is 16.8 Å². The molecule has 9 nitrogen and oxygen atoms in total. The maximum atomic E-state index is 12.8. The molecule has 3 rings (SSSR count). The van der Waals surface area contributed by atoms with Crippen molar-refractivity contribution in [1.82, 2.24) is 19.4 Å². The van der Waals surface area contributed by atoms with E-state index in [1.807, 2.05) is 0 Å². The second-order valence-corrected chi connectivity index (χ2v) is 7.05. The van der Waals surface area contributed by atoms with E-state index in [-0.39, 0.29) is 11.2 Å². The van der Waals surface area contributed by atoms with E-state index in [0.29, 0.717) is 11.1 Å². The number of hydrogen-bond acceptors (Lipinski definition) is 6. The minimum Gasteiger partial charge on any atom is -0.374 e. The average molecular weight is 403 g/mol. The van der Waals surface area contributed by atoms with Crippen LogP contribution in [0.4, 0.5) is 18.9 Å². The fourth-order valence-corrected chi connectivity index (χ4v) is 2.78. The number of anilines is 1. The van der Waals surface area contributed by atoms with Crippen LogP contribution in [0.15, 0.2) is 30.9 Å². The Bertz CT molecular complexity index is 1130. The van der Waals surface area contributed by atoms with E-state index in [1.165, 1.54) is 24.0 Å². The van der Waals surface area contributed by atoms with Crippen LogP contribution in [0.2, 0.25) is 0 Å². The minimum atomic E-state index is -5.93. The third-order valence-electron chi connectivity index (χ3n) is 3.41. The second-order valence-electron chi connectivity index (χ2n) is 5.51. The van der Waals surface area contributed by atoms with Gasteiger partial charge >= 0.3 is 15.6 Å². The lowest BCUT2D eigenvalue weighted by Crippen LogP contribution is -2.28. The molecule has 3 aromatic heterocycles. The predicted molar refractivity (Wildman–Crippen MR) is 87.3 cm³/mol. The third kappa shape index (κ3) is 3.58. The van der Waals surface area contributed by atoms with Crippen LogP contribution < -0.4 is 9.50 Å². The Morgan fingerprint density at radius 1 is 1.19 bits per heavy atom. The van der Waals surface area contributed by atoms with Gasteiger partial charge in [0.2, 0.25) is 5.91 Å². The molecule has 13 heteroatoms. The fraction of sp³-hybridized carbons (Fsp3) is 0.214. The highest BCUT2D eigenvalue weighted by Crippen LogP contribution is 2.35. The molecule has 0 aliphatic carbocycles. The summed E-state index contributed by atoms with van der Waals surface area (Å²) in [6.07, 6.45) is 5.60. The molecule has 0 radical (unpaired) electrons. The van der Waals surface area contributed by atoms with Gasteiger partial charge in [-0.2, -0.15) is 31.8 Å². The Morgan fingerprint density at radius 2 is 1.89 bits per heavy atom. The standard InChI is InChI=1S/C14H12F3N5O4S/c1-8(23)20-11-5-19-22-7-9(10-4-18-21(2)6-10)3-12(13(11)22)26-27(24,25)14(15,16)17/h3-7H,1-2H3,(H,20,23). The minimum absolute atomic E-state index is 0.00684. The molecule has 0 saturated heterocycles. The molecule has 3 heterocycles. The summed E-state index contributed by atoms with van der Waals surface area (Å²) in [4.78, 5) is 11.3. The maximum absolute atomic E-state index is 12.8. The summed E-state index contributed by atoms with van der Waals surface area (Å²) in [5, 5.41) is 10.2. The molecule has 0 atom stereocenters. The van der Waals surface area contributed by atoms with Crippen LogP contribution in [0.25, 0.3) is 16.6 Å². The van der Waals surface area contributed by atoms with Gasteiger partial charge in [0, 0.05) is 37.5 Å². The number of nitrogens with zero attached hydrogens (tertiary/aromatic N) is 4. The molecule has 0 bridgehead atoms. The molecule has 0 spiro atoms. The number of rotatable bonds is 4. The molecule has 1 N–H and O–H groups in total. The largest absolute Gasteiger partial charge is 0.534 e. The molecule has 3 aromatic rings. The first-order chi connectivity index (χ1) is 12.5.